The summed E-state index contributed by atoms with van der Waals surface area (Å²) < 4.78 is 1.98. The zero-order valence-corrected chi connectivity index (χ0v) is 9.61. The van der Waals surface area contributed by atoms with Crippen LogP contribution in [0.2, 0.25) is 5.02 Å². The van der Waals surface area contributed by atoms with Gasteiger partial charge in [-0.3, -0.25) is 4.79 Å². The van der Waals surface area contributed by atoms with Crippen LogP contribution in [0.1, 0.15) is 17.3 Å². The molecule has 2 aromatic rings. The average Bonchev–Trinajstić information content (AvgIpc) is 2.76. The molecule has 0 spiro atoms. The minimum atomic E-state index is 0.556. The maximum atomic E-state index is 11.0. The Morgan fingerprint density at radius 1 is 1.50 bits per heavy atom. The molecule has 0 aliphatic rings. The molecule has 0 aliphatic carbocycles. The van der Waals surface area contributed by atoms with Crippen LogP contribution in [0.4, 0.5) is 0 Å². The summed E-state index contributed by atoms with van der Waals surface area (Å²) in [5, 5.41) is 0.556. The van der Waals surface area contributed by atoms with Crippen LogP contribution in [0.25, 0.3) is 11.4 Å². The zero-order valence-electron chi connectivity index (χ0n) is 8.85. The van der Waals surface area contributed by atoms with E-state index in [-0.39, 0.29) is 0 Å². The van der Waals surface area contributed by atoms with Crippen molar-refractivity contribution in [2.75, 3.05) is 0 Å². The van der Waals surface area contributed by atoms with Crippen LogP contribution in [0.15, 0.2) is 30.6 Å². The predicted octanol–water partition coefficient (Wildman–Crippen LogP) is 3.04. The van der Waals surface area contributed by atoms with E-state index in [4.69, 9.17) is 11.6 Å². The lowest BCUT2D eigenvalue weighted by Crippen LogP contribution is -1.98. The fraction of sp³-hybridized carbons (Fsp3) is 0.167. The van der Waals surface area contributed by atoms with Gasteiger partial charge in [-0.05, 0) is 25.1 Å². The van der Waals surface area contributed by atoms with Gasteiger partial charge >= 0.3 is 0 Å². The van der Waals surface area contributed by atoms with E-state index >= 15 is 0 Å². The Labute approximate surface area is 98.7 Å². The van der Waals surface area contributed by atoms with Crippen molar-refractivity contribution in [1.29, 1.82) is 0 Å². The number of hydrogen-bond donors (Lipinski definition) is 0. The van der Waals surface area contributed by atoms with Gasteiger partial charge in [0.15, 0.2) is 6.29 Å². The Kier molecular flexibility index (Phi) is 3.06. The van der Waals surface area contributed by atoms with Crippen LogP contribution in [0.5, 0.6) is 0 Å². The highest BCUT2D eigenvalue weighted by Crippen LogP contribution is 2.24. The summed E-state index contributed by atoms with van der Waals surface area (Å²) in [5.74, 6) is 0.793. The van der Waals surface area contributed by atoms with Crippen molar-refractivity contribution in [3.05, 3.63) is 41.2 Å². The van der Waals surface area contributed by atoms with Crippen LogP contribution in [-0.2, 0) is 6.54 Å². The van der Waals surface area contributed by atoms with Gasteiger partial charge in [0, 0.05) is 35.1 Å². The lowest BCUT2D eigenvalue weighted by atomic mass is 10.1. The normalized spacial score (nSPS) is 10.4. The van der Waals surface area contributed by atoms with Crippen molar-refractivity contribution < 1.29 is 4.79 Å². The molecule has 3 nitrogen and oxygen atoms in total. The quantitative estimate of drug-likeness (QED) is 0.766. The van der Waals surface area contributed by atoms with E-state index in [2.05, 4.69) is 4.98 Å². The molecule has 0 radical (unpaired) electrons. The highest BCUT2D eigenvalue weighted by molar-refractivity contribution is 6.31. The van der Waals surface area contributed by atoms with Crippen LogP contribution in [0, 0.1) is 0 Å². The molecule has 0 aliphatic heterocycles. The molecule has 1 aromatic heterocycles. The van der Waals surface area contributed by atoms with E-state index in [0.717, 1.165) is 24.2 Å². The van der Waals surface area contributed by atoms with E-state index in [1.807, 2.05) is 23.8 Å². The Bertz CT molecular complexity index is 519. The number of aromatic nitrogens is 2. The number of aryl methyl sites for hydroxylation is 1. The SMILES string of the molecule is CCn1ccnc1-c1ccc(Cl)cc1C=O. The largest absolute Gasteiger partial charge is 0.331 e. The van der Waals surface area contributed by atoms with Gasteiger partial charge in [-0.2, -0.15) is 0 Å². The summed E-state index contributed by atoms with van der Waals surface area (Å²) >= 11 is 5.84. The van der Waals surface area contributed by atoms with E-state index in [1.54, 1.807) is 18.3 Å². The molecule has 0 unspecified atom stereocenters. The second-order valence-electron chi connectivity index (χ2n) is 3.39. The van der Waals surface area contributed by atoms with E-state index in [0.29, 0.717) is 10.6 Å². The number of carbonyl (C=O) groups excluding carboxylic acids is 1. The molecule has 4 heteroatoms. The molecule has 0 saturated carbocycles. The number of aldehydes is 1. The standard InChI is InChI=1S/C12H11ClN2O/c1-2-15-6-5-14-12(15)11-4-3-10(13)7-9(11)8-16/h3-8H,2H2,1H3. The molecular formula is C12H11ClN2O. The topological polar surface area (TPSA) is 34.9 Å². The number of imidazole rings is 1. The summed E-state index contributed by atoms with van der Waals surface area (Å²) in [6.45, 7) is 2.85. The first-order valence-corrected chi connectivity index (χ1v) is 5.40. The van der Waals surface area contributed by atoms with E-state index in [9.17, 15) is 4.79 Å². The van der Waals surface area contributed by atoms with Crippen LogP contribution in [-0.4, -0.2) is 15.8 Å². The smallest absolute Gasteiger partial charge is 0.150 e. The Morgan fingerprint density at radius 2 is 2.31 bits per heavy atom. The molecule has 0 amide bonds. The second kappa shape index (κ2) is 4.49. The Morgan fingerprint density at radius 3 is 3.00 bits per heavy atom. The summed E-state index contributed by atoms with van der Waals surface area (Å²) in [7, 11) is 0. The molecular weight excluding hydrogens is 224 g/mol. The molecule has 0 fully saturated rings. The van der Waals surface area contributed by atoms with Crippen molar-refractivity contribution >= 4 is 17.9 Å². The number of halogens is 1. The summed E-state index contributed by atoms with van der Waals surface area (Å²) in [5.41, 5.74) is 1.37. The molecule has 0 N–H and O–H groups in total. The minimum absolute atomic E-state index is 0.556. The van der Waals surface area contributed by atoms with Crippen LogP contribution < -0.4 is 0 Å². The number of benzene rings is 1. The van der Waals surface area contributed by atoms with Gasteiger partial charge in [0.25, 0.3) is 0 Å². The van der Waals surface area contributed by atoms with Gasteiger partial charge in [0.1, 0.15) is 5.82 Å². The summed E-state index contributed by atoms with van der Waals surface area (Å²) in [4.78, 5) is 15.2. The first kappa shape index (κ1) is 10.9. The Hall–Kier alpha value is -1.61. The molecule has 2 rings (SSSR count). The molecule has 1 aromatic carbocycles. The van der Waals surface area contributed by atoms with E-state index < -0.39 is 0 Å². The number of carbonyl (C=O) groups is 1. The van der Waals surface area contributed by atoms with Crippen molar-refractivity contribution in [2.24, 2.45) is 0 Å². The van der Waals surface area contributed by atoms with Crippen LogP contribution in [0.3, 0.4) is 0 Å². The molecule has 1 heterocycles. The number of rotatable bonds is 3. The number of hydrogen-bond acceptors (Lipinski definition) is 2. The lowest BCUT2D eigenvalue weighted by molar-refractivity contribution is 0.112. The van der Waals surface area contributed by atoms with Crippen molar-refractivity contribution in [3.63, 3.8) is 0 Å². The summed E-state index contributed by atoms with van der Waals surface area (Å²) in [6.07, 6.45) is 4.41. The van der Waals surface area contributed by atoms with Gasteiger partial charge < -0.3 is 4.57 Å². The minimum Gasteiger partial charge on any atom is -0.331 e. The monoisotopic (exact) mass is 234 g/mol. The number of nitrogens with zero attached hydrogens (tertiary/aromatic N) is 2. The maximum Gasteiger partial charge on any atom is 0.150 e. The van der Waals surface area contributed by atoms with Gasteiger partial charge in [-0.25, -0.2) is 4.98 Å². The van der Waals surface area contributed by atoms with Gasteiger partial charge in [-0.15, -0.1) is 0 Å². The highest BCUT2D eigenvalue weighted by Gasteiger charge is 2.09. The van der Waals surface area contributed by atoms with Crippen LogP contribution >= 0.6 is 11.6 Å². The Balaban J connectivity index is 2.59. The van der Waals surface area contributed by atoms with Crippen molar-refractivity contribution in [2.45, 2.75) is 13.5 Å². The fourth-order valence-electron chi connectivity index (χ4n) is 1.64. The lowest BCUT2D eigenvalue weighted by Gasteiger charge is -2.07. The van der Waals surface area contributed by atoms with Gasteiger partial charge in [0.2, 0.25) is 0 Å². The first-order valence-electron chi connectivity index (χ1n) is 5.02. The highest BCUT2D eigenvalue weighted by atomic mass is 35.5. The molecule has 16 heavy (non-hydrogen) atoms. The molecule has 82 valence electrons. The van der Waals surface area contributed by atoms with E-state index in [1.165, 1.54) is 0 Å². The third-order valence-electron chi connectivity index (χ3n) is 2.44. The molecule has 0 bridgehead atoms. The van der Waals surface area contributed by atoms with Gasteiger partial charge in [-0.1, -0.05) is 11.6 Å². The average molecular weight is 235 g/mol. The summed E-state index contributed by atoms with van der Waals surface area (Å²) in [6, 6.07) is 5.23. The third kappa shape index (κ3) is 1.86. The maximum absolute atomic E-state index is 11.0. The van der Waals surface area contributed by atoms with Gasteiger partial charge in [0.05, 0.1) is 0 Å². The van der Waals surface area contributed by atoms with Crippen molar-refractivity contribution in [3.8, 4) is 11.4 Å². The molecule has 0 atom stereocenters. The second-order valence-corrected chi connectivity index (χ2v) is 3.82. The predicted molar refractivity (Wildman–Crippen MR) is 63.7 cm³/mol. The van der Waals surface area contributed by atoms with Crippen molar-refractivity contribution in [1.82, 2.24) is 9.55 Å². The first-order chi connectivity index (χ1) is 7.76. The zero-order chi connectivity index (χ0) is 11.5. The molecule has 0 saturated heterocycles. The third-order valence-corrected chi connectivity index (χ3v) is 2.67. The fourth-order valence-corrected chi connectivity index (χ4v) is 1.82.